The van der Waals surface area contributed by atoms with Crippen molar-refractivity contribution in [1.29, 1.82) is 0 Å². The maximum atomic E-state index is 12.5. The van der Waals surface area contributed by atoms with Gasteiger partial charge >= 0.3 is 0 Å². The highest BCUT2D eigenvalue weighted by atomic mass is 35.5. The smallest absolute Gasteiger partial charge is 0.287 e. The molecule has 0 aliphatic heterocycles. The number of rotatable bonds is 4. The lowest BCUT2D eigenvalue weighted by Gasteiger charge is -2.05. The first-order valence-electron chi connectivity index (χ1n) is 8.02. The lowest BCUT2D eigenvalue weighted by atomic mass is 10.1. The van der Waals surface area contributed by atoms with E-state index in [0.717, 1.165) is 22.3 Å². The molecular weight excluding hydrogens is 352 g/mol. The number of hydrogen-bond donors (Lipinski definition) is 1. The van der Waals surface area contributed by atoms with Gasteiger partial charge in [-0.15, -0.1) is 0 Å². The van der Waals surface area contributed by atoms with Crippen molar-refractivity contribution in [3.63, 3.8) is 0 Å². The number of aryl methyl sites for hydroxylation is 1. The third-order valence-corrected chi connectivity index (χ3v) is 4.37. The number of amides is 1. The molecule has 0 aliphatic carbocycles. The molecular formula is C19H15ClN4O2. The van der Waals surface area contributed by atoms with Crippen molar-refractivity contribution in [1.82, 2.24) is 19.9 Å². The maximum Gasteiger partial charge on any atom is 0.287 e. The molecule has 6 nitrogen and oxygen atoms in total. The van der Waals surface area contributed by atoms with Gasteiger partial charge in [-0.3, -0.25) is 9.36 Å². The minimum absolute atomic E-state index is 0.270. The number of carbonyl (C=O) groups is 1. The largest absolute Gasteiger partial charge is 0.451 e. The molecule has 0 fully saturated rings. The fraction of sp³-hybridized carbons (Fsp3) is 0.105. The van der Waals surface area contributed by atoms with Crippen LogP contribution in [0.15, 0.2) is 59.7 Å². The SMILES string of the molecule is Cc1c(C(=O)NCc2ccc(-n3ccnc3)nc2)oc2ccc(Cl)cc12. The van der Waals surface area contributed by atoms with Crippen molar-refractivity contribution in [2.24, 2.45) is 0 Å². The number of nitrogens with zero attached hydrogens (tertiary/aromatic N) is 3. The lowest BCUT2D eigenvalue weighted by molar-refractivity contribution is 0.0924. The van der Waals surface area contributed by atoms with Crippen LogP contribution < -0.4 is 5.32 Å². The van der Waals surface area contributed by atoms with Gasteiger partial charge in [0.1, 0.15) is 17.7 Å². The second-order valence-electron chi connectivity index (χ2n) is 5.87. The van der Waals surface area contributed by atoms with E-state index in [-0.39, 0.29) is 5.91 Å². The van der Waals surface area contributed by atoms with Crippen LogP contribution in [0.2, 0.25) is 5.02 Å². The third kappa shape index (κ3) is 3.07. The minimum Gasteiger partial charge on any atom is -0.451 e. The molecule has 3 aromatic heterocycles. The van der Waals surface area contributed by atoms with Crippen molar-refractivity contribution < 1.29 is 9.21 Å². The lowest BCUT2D eigenvalue weighted by Crippen LogP contribution is -2.23. The van der Waals surface area contributed by atoms with Gasteiger partial charge in [0.25, 0.3) is 5.91 Å². The molecule has 0 atom stereocenters. The summed E-state index contributed by atoms with van der Waals surface area (Å²) in [6.45, 7) is 2.20. The fourth-order valence-electron chi connectivity index (χ4n) is 2.74. The average Bonchev–Trinajstić information content (AvgIpc) is 3.29. The highest BCUT2D eigenvalue weighted by molar-refractivity contribution is 6.31. The molecule has 4 aromatic rings. The van der Waals surface area contributed by atoms with Crippen molar-refractivity contribution in [2.75, 3.05) is 0 Å². The normalized spacial score (nSPS) is 11.0. The van der Waals surface area contributed by atoms with Gasteiger partial charge in [-0.2, -0.15) is 0 Å². The summed E-state index contributed by atoms with van der Waals surface area (Å²) in [4.78, 5) is 20.8. The molecule has 4 rings (SSSR count). The van der Waals surface area contributed by atoms with E-state index in [1.807, 2.05) is 29.8 Å². The predicted octanol–water partition coefficient (Wildman–Crippen LogP) is 3.91. The van der Waals surface area contributed by atoms with Crippen molar-refractivity contribution >= 4 is 28.5 Å². The highest BCUT2D eigenvalue weighted by Gasteiger charge is 2.17. The number of halogens is 1. The van der Waals surface area contributed by atoms with E-state index in [2.05, 4.69) is 15.3 Å². The topological polar surface area (TPSA) is 73.0 Å². The fourth-order valence-corrected chi connectivity index (χ4v) is 2.91. The van der Waals surface area contributed by atoms with Gasteiger partial charge in [0.2, 0.25) is 0 Å². The quantitative estimate of drug-likeness (QED) is 0.594. The van der Waals surface area contributed by atoms with Crippen molar-refractivity contribution in [2.45, 2.75) is 13.5 Å². The number of carbonyl (C=O) groups excluding carboxylic acids is 1. The van der Waals surface area contributed by atoms with E-state index < -0.39 is 0 Å². The zero-order valence-corrected chi connectivity index (χ0v) is 14.7. The average molecular weight is 367 g/mol. The van der Waals surface area contributed by atoms with Crippen LogP contribution in [0.3, 0.4) is 0 Å². The number of imidazole rings is 1. The molecule has 0 saturated carbocycles. The van der Waals surface area contributed by atoms with E-state index in [1.54, 1.807) is 36.9 Å². The molecule has 130 valence electrons. The summed E-state index contributed by atoms with van der Waals surface area (Å²) < 4.78 is 7.49. The first kappa shape index (κ1) is 16.4. The Morgan fingerprint density at radius 2 is 2.19 bits per heavy atom. The summed E-state index contributed by atoms with van der Waals surface area (Å²) >= 11 is 6.02. The Labute approximate surface area is 154 Å². The Hall–Kier alpha value is -3.12. The standard InChI is InChI=1S/C19H15ClN4O2/c1-12-15-8-14(20)3-4-16(15)26-18(12)19(25)23-10-13-2-5-17(22-9-13)24-7-6-21-11-24/h2-9,11H,10H2,1H3,(H,23,25). The van der Waals surface area contributed by atoms with E-state index >= 15 is 0 Å². The van der Waals surface area contributed by atoms with E-state index in [4.69, 9.17) is 16.0 Å². The zero-order chi connectivity index (χ0) is 18.1. The second-order valence-corrected chi connectivity index (χ2v) is 6.31. The summed E-state index contributed by atoms with van der Waals surface area (Å²) in [6.07, 6.45) is 6.92. The summed E-state index contributed by atoms with van der Waals surface area (Å²) in [7, 11) is 0. The molecule has 1 N–H and O–H groups in total. The van der Waals surface area contributed by atoms with Crippen molar-refractivity contribution in [3.05, 3.63) is 77.2 Å². The molecule has 0 saturated heterocycles. The van der Waals surface area contributed by atoms with Gasteiger partial charge in [-0.25, -0.2) is 9.97 Å². The number of benzene rings is 1. The zero-order valence-electron chi connectivity index (χ0n) is 13.9. The molecule has 3 heterocycles. The summed E-state index contributed by atoms with van der Waals surface area (Å²) in [5.41, 5.74) is 2.30. The van der Waals surface area contributed by atoms with Gasteiger partial charge in [-0.05, 0) is 36.8 Å². The van der Waals surface area contributed by atoms with Crippen molar-refractivity contribution in [3.8, 4) is 5.82 Å². The number of fused-ring (bicyclic) bond motifs is 1. The number of aromatic nitrogens is 3. The Balaban J connectivity index is 1.48. The molecule has 0 spiro atoms. The first-order chi connectivity index (χ1) is 12.6. The van der Waals surface area contributed by atoms with Gasteiger partial charge in [-0.1, -0.05) is 17.7 Å². The Morgan fingerprint density at radius 1 is 1.31 bits per heavy atom. The van der Waals surface area contributed by atoms with Crippen LogP contribution in [0.1, 0.15) is 21.7 Å². The molecule has 0 radical (unpaired) electrons. The Bertz CT molecular complexity index is 1070. The number of furan rings is 1. The van der Waals surface area contributed by atoms with Crippen LogP contribution in [-0.2, 0) is 6.54 Å². The van der Waals surface area contributed by atoms with Gasteiger partial charge in [0.05, 0.1) is 0 Å². The minimum atomic E-state index is -0.270. The molecule has 0 bridgehead atoms. The molecule has 26 heavy (non-hydrogen) atoms. The molecule has 1 amide bonds. The number of hydrogen-bond acceptors (Lipinski definition) is 4. The summed E-state index contributed by atoms with van der Waals surface area (Å²) in [6, 6.07) is 9.08. The monoisotopic (exact) mass is 366 g/mol. The van der Waals surface area contributed by atoms with Crippen LogP contribution in [0.25, 0.3) is 16.8 Å². The van der Waals surface area contributed by atoms with Crippen LogP contribution in [0.4, 0.5) is 0 Å². The predicted molar refractivity (Wildman–Crippen MR) is 98.5 cm³/mol. The molecule has 1 aromatic carbocycles. The first-order valence-corrected chi connectivity index (χ1v) is 8.40. The van der Waals surface area contributed by atoms with E-state index in [1.165, 1.54) is 0 Å². The van der Waals surface area contributed by atoms with Crippen LogP contribution in [-0.4, -0.2) is 20.4 Å². The molecule has 0 aliphatic rings. The van der Waals surface area contributed by atoms with Gasteiger partial charge in [0.15, 0.2) is 5.76 Å². The van der Waals surface area contributed by atoms with Crippen LogP contribution >= 0.6 is 11.6 Å². The Morgan fingerprint density at radius 3 is 2.92 bits per heavy atom. The molecule has 7 heteroatoms. The van der Waals surface area contributed by atoms with Crippen LogP contribution in [0.5, 0.6) is 0 Å². The van der Waals surface area contributed by atoms with Gasteiger partial charge < -0.3 is 9.73 Å². The number of pyridine rings is 1. The summed E-state index contributed by atoms with van der Waals surface area (Å²) in [5.74, 6) is 0.793. The van der Waals surface area contributed by atoms with E-state index in [9.17, 15) is 4.79 Å². The second kappa shape index (κ2) is 6.65. The Kier molecular flexibility index (Phi) is 4.18. The third-order valence-electron chi connectivity index (χ3n) is 4.14. The van der Waals surface area contributed by atoms with Crippen LogP contribution in [0, 0.1) is 6.92 Å². The summed E-state index contributed by atoms with van der Waals surface area (Å²) in [5, 5.41) is 4.31. The molecule has 0 unspecified atom stereocenters. The highest BCUT2D eigenvalue weighted by Crippen LogP contribution is 2.27. The van der Waals surface area contributed by atoms with Gasteiger partial charge in [0, 0.05) is 41.1 Å². The van der Waals surface area contributed by atoms with E-state index in [0.29, 0.717) is 22.9 Å². The number of nitrogens with one attached hydrogen (secondary N) is 1. The maximum absolute atomic E-state index is 12.5.